The van der Waals surface area contributed by atoms with Gasteiger partial charge in [0.1, 0.15) is 16.2 Å². The van der Waals surface area contributed by atoms with Crippen molar-refractivity contribution in [2.45, 2.75) is 5.37 Å². The number of nitrogens with one attached hydrogen (secondary N) is 2. The van der Waals surface area contributed by atoms with Gasteiger partial charge in [-0.25, -0.2) is 4.98 Å². The van der Waals surface area contributed by atoms with Crippen LogP contribution in [0.3, 0.4) is 0 Å². The molecule has 0 aliphatic carbocycles. The average molecular weight is 316 g/mol. The van der Waals surface area contributed by atoms with Crippen molar-refractivity contribution in [2.75, 3.05) is 0 Å². The van der Waals surface area contributed by atoms with Crippen LogP contribution in [0.5, 0.6) is 0 Å². The molecule has 1 aromatic carbocycles. The molecule has 4 nitrogen and oxygen atoms in total. The molecule has 0 amide bonds. The number of rotatable bonds is 2. The van der Waals surface area contributed by atoms with Crippen molar-refractivity contribution in [3.8, 4) is 0 Å². The third kappa shape index (κ3) is 2.09. The Balaban J connectivity index is 1.86. The number of aromatic amines is 1. The second kappa shape index (κ2) is 4.79. The van der Waals surface area contributed by atoms with Crippen LogP contribution in [0, 0.1) is 0 Å². The quantitative estimate of drug-likeness (QED) is 0.561. The topological polar surface area (TPSA) is 57.8 Å². The molecule has 0 saturated heterocycles. The van der Waals surface area contributed by atoms with Gasteiger partial charge in [0.05, 0.1) is 0 Å². The first kappa shape index (κ1) is 12.7. The van der Waals surface area contributed by atoms with Crippen molar-refractivity contribution in [2.24, 2.45) is 0 Å². The van der Waals surface area contributed by atoms with E-state index in [4.69, 9.17) is 11.6 Å². The Morgan fingerprint density at radius 1 is 1.24 bits per heavy atom. The fourth-order valence-electron chi connectivity index (χ4n) is 2.50. The lowest BCUT2D eigenvalue weighted by molar-refractivity contribution is -0.107. The smallest absolute Gasteiger partial charge is 0.152 e. The SMILES string of the molecule is O=CC1NC(c2ccc3[nH]c4nc(Cl)ccc4c3c2)=CS1. The second-order valence-electron chi connectivity index (χ2n) is 4.78. The van der Waals surface area contributed by atoms with Gasteiger partial charge in [0.2, 0.25) is 0 Å². The summed E-state index contributed by atoms with van der Waals surface area (Å²) in [7, 11) is 0. The van der Waals surface area contributed by atoms with Gasteiger partial charge < -0.3 is 15.1 Å². The molecule has 4 rings (SSSR count). The summed E-state index contributed by atoms with van der Waals surface area (Å²) >= 11 is 7.41. The molecule has 0 radical (unpaired) electrons. The monoisotopic (exact) mass is 315 g/mol. The number of halogens is 1. The molecule has 6 heteroatoms. The summed E-state index contributed by atoms with van der Waals surface area (Å²) in [4.78, 5) is 18.4. The molecule has 3 aromatic rings. The Hall–Kier alpha value is -1.98. The van der Waals surface area contributed by atoms with E-state index >= 15 is 0 Å². The van der Waals surface area contributed by atoms with Crippen LogP contribution < -0.4 is 5.32 Å². The Morgan fingerprint density at radius 2 is 2.14 bits per heavy atom. The number of aldehydes is 1. The van der Waals surface area contributed by atoms with Crippen molar-refractivity contribution in [3.63, 3.8) is 0 Å². The number of hydrogen-bond donors (Lipinski definition) is 2. The highest BCUT2D eigenvalue weighted by Crippen LogP contribution is 2.31. The summed E-state index contributed by atoms with van der Waals surface area (Å²) < 4.78 is 0. The number of fused-ring (bicyclic) bond motifs is 3. The summed E-state index contributed by atoms with van der Waals surface area (Å²) in [6.07, 6.45) is 0.907. The van der Waals surface area contributed by atoms with E-state index in [0.717, 1.165) is 39.5 Å². The fraction of sp³-hybridized carbons (Fsp3) is 0.0667. The van der Waals surface area contributed by atoms with E-state index in [2.05, 4.69) is 21.4 Å². The molecule has 3 heterocycles. The normalized spacial score (nSPS) is 18.0. The highest BCUT2D eigenvalue weighted by Gasteiger charge is 2.17. The lowest BCUT2D eigenvalue weighted by atomic mass is 10.1. The third-order valence-corrected chi connectivity index (χ3v) is 4.59. The minimum absolute atomic E-state index is 0.195. The molecule has 1 atom stereocenters. The first-order chi connectivity index (χ1) is 10.2. The van der Waals surface area contributed by atoms with Crippen LogP contribution in [-0.2, 0) is 4.79 Å². The number of pyridine rings is 1. The van der Waals surface area contributed by atoms with Crippen LogP contribution in [0.15, 0.2) is 35.7 Å². The molecule has 104 valence electrons. The van der Waals surface area contributed by atoms with Gasteiger partial charge in [0, 0.05) is 22.0 Å². The first-order valence-electron chi connectivity index (χ1n) is 6.40. The zero-order chi connectivity index (χ0) is 14.4. The van der Waals surface area contributed by atoms with E-state index in [-0.39, 0.29) is 5.37 Å². The average Bonchev–Trinajstić information content (AvgIpc) is 3.10. The second-order valence-corrected chi connectivity index (χ2v) is 6.19. The highest BCUT2D eigenvalue weighted by atomic mass is 35.5. The standard InChI is InChI=1S/C15H10ClN3OS/c16-13-4-2-9-10-5-8(12-7-21-14(6-20)17-12)1-3-11(10)18-15(9)19-13/h1-7,14,17H,(H,18,19). The molecule has 2 N–H and O–H groups in total. The minimum atomic E-state index is -0.195. The zero-order valence-electron chi connectivity index (χ0n) is 10.8. The molecule has 2 aromatic heterocycles. The van der Waals surface area contributed by atoms with E-state index in [1.807, 2.05) is 23.6 Å². The van der Waals surface area contributed by atoms with Gasteiger partial charge in [-0.3, -0.25) is 0 Å². The molecule has 0 fully saturated rings. The summed E-state index contributed by atoms with van der Waals surface area (Å²) in [5, 5.41) is 7.56. The predicted octanol–water partition coefficient (Wildman–Crippen LogP) is 3.53. The van der Waals surface area contributed by atoms with Crippen LogP contribution >= 0.6 is 23.4 Å². The fourth-order valence-corrected chi connectivity index (χ4v) is 3.39. The minimum Gasteiger partial charge on any atom is -0.366 e. The van der Waals surface area contributed by atoms with Gasteiger partial charge in [-0.15, -0.1) is 0 Å². The highest BCUT2D eigenvalue weighted by molar-refractivity contribution is 8.03. The molecule has 1 unspecified atom stereocenters. The van der Waals surface area contributed by atoms with E-state index in [1.165, 1.54) is 11.8 Å². The van der Waals surface area contributed by atoms with Crippen molar-refractivity contribution in [1.82, 2.24) is 15.3 Å². The van der Waals surface area contributed by atoms with E-state index in [9.17, 15) is 4.79 Å². The number of thioether (sulfide) groups is 1. The van der Waals surface area contributed by atoms with Gasteiger partial charge in [0.25, 0.3) is 0 Å². The zero-order valence-corrected chi connectivity index (χ0v) is 12.3. The van der Waals surface area contributed by atoms with Gasteiger partial charge in [-0.05, 0) is 35.2 Å². The van der Waals surface area contributed by atoms with E-state index in [1.54, 1.807) is 6.07 Å². The molecule has 0 saturated carbocycles. The number of benzene rings is 1. The van der Waals surface area contributed by atoms with Crippen LogP contribution in [-0.4, -0.2) is 21.6 Å². The lowest BCUT2D eigenvalue weighted by Crippen LogP contribution is -2.20. The summed E-state index contributed by atoms with van der Waals surface area (Å²) in [6, 6.07) is 9.88. The maximum absolute atomic E-state index is 10.8. The largest absolute Gasteiger partial charge is 0.366 e. The Kier molecular flexibility index (Phi) is 2.90. The number of carbonyl (C=O) groups excluding carboxylic acids is 1. The van der Waals surface area contributed by atoms with Gasteiger partial charge >= 0.3 is 0 Å². The van der Waals surface area contributed by atoms with Gasteiger partial charge in [-0.2, -0.15) is 0 Å². The van der Waals surface area contributed by atoms with Crippen LogP contribution in [0.2, 0.25) is 5.15 Å². The molecular formula is C15H10ClN3OS. The molecule has 21 heavy (non-hydrogen) atoms. The summed E-state index contributed by atoms with van der Waals surface area (Å²) in [5.74, 6) is 0. The van der Waals surface area contributed by atoms with Crippen LogP contribution in [0.25, 0.3) is 27.6 Å². The number of nitrogens with zero attached hydrogens (tertiary/aromatic N) is 1. The van der Waals surface area contributed by atoms with Crippen LogP contribution in [0.4, 0.5) is 0 Å². The Labute approximate surface area is 129 Å². The summed E-state index contributed by atoms with van der Waals surface area (Å²) in [5.41, 5.74) is 3.82. The molecule has 1 aliphatic heterocycles. The number of carbonyl (C=O) groups is 1. The molecule has 1 aliphatic rings. The van der Waals surface area contributed by atoms with Crippen molar-refractivity contribution in [1.29, 1.82) is 0 Å². The molecule has 0 bridgehead atoms. The van der Waals surface area contributed by atoms with Crippen molar-refractivity contribution >= 4 is 57.3 Å². The van der Waals surface area contributed by atoms with Crippen molar-refractivity contribution in [3.05, 3.63) is 46.5 Å². The van der Waals surface area contributed by atoms with E-state index in [0.29, 0.717) is 5.15 Å². The third-order valence-electron chi connectivity index (χ3n) is 3.49. The maximum atomic E-state index is 10.8. The van der Waals surface area contributed by atoms with Gasteiger partial charge in [0.15, 0.2) is 6.29 Å². The Bertz CT molecular complexity index is 902. The number of H-pyrrole nitrogens is 1. The van der Waals surface area contributed by atoms with Gasteiger partial charge in [-0.1, -0.05) is 29.4 Å². The van der Waals surface area contributed by atoms with Crippen molar-refractivity contribution < 1.29 is 4.79 Å². The van der Waals surface area contributed by atoms with E-state index < -0.39 is 0 Å². The first-order valence-corrected chi connectivity index (χ1v) is 7.72. The predicted molar refractivity (Wildman–Crippen MR) is 87.2 cm³/mol. The van der Waals surface area contributed by atoms with Crippen LogP contribution in [0.1, 0.15) is 5.56 Å². The Morgan fingerprint density at radius 3 is 2.95 bits per heavy atom. The lowest BCUT2D eigenvalue weighted by Gasteiger charge is -2.07. The summed E-state index contributed by atoms with van der Waals surface area (Å²) in [6.45, 7) is 0. The number of aromatic nitrogens is 2. The number of hydrogen-bond acceptors (Lipinski definition) is 4. The molecule has 0 spiro atoms. The molecular weight excluding hydrogens is 306 g/mol. The maximum Gasteiger partial charge on any atom is 0.152 e.